The van der Waals surface area contributed by atoms with Gasteiger partial charge < -0.3 is 14.8 Å². The molecule has 0 aliphatic rings. The minimum Gasteiger partial charge on any atom is -0.423 e. The Balaban J connectivity index is 1.50. The second kappa shape index (κ2) is 19.4. The van der Waals surface area contributed by atoms with Gasteiger partial charge in [0.25, 0.3) is 5.91 Å². The van der Waals surface area contributed by atoms with Crippen molar-refractivity contribution >= 4 is 30.0 Å². The Hall–Kier alpha value is -4.79. The molecule has 3 rings (SSSR count). The van der Waals surface area contributed by atoms with Crippen molar-refractivity contribution in [2.75, 3.05) is 6.54 Å². The summed E-state index contributed by atoms with van der Waals surface area (Å²) in [7, 11) is 0. The Morgan fingerprint density at radius 1 is 0.682 bits per heavy atom. The lowest BCUT2D eigenvalue weighted by atomic mass is 10.1. The SMILES string of the molecule is CCCCCCCCCCCC(=O)NCC(=O)N/N=C/c1ccc(OC(=O)c2ccccc2)cc1OC(=O)c1ccccc1. The van der Waals surface area contributed by atoms with Crippen molar-refractivity contribution in [2.45, 2.75) is 71.1 Å². The summed E-state index contributed by atoms with van der Waals surface area (Å²) in [5, 5.41) is 6.55. The van der Waals surface area contributed by atoms with Gasteiger partial charge in [0, 0.05) is 18.1 Å². The van der Waals surface area contributed by atoms with Gasteiger partial charge in [-0.05, 0) is 42.8 Å². The number of hydrazone groups is 1. The van der Waals surface area contributed by atoms with E-state index in [9.17, 15) is 19.2 Å². The van der Waals surface area contributed by atoms with Crippen molar-refractivity contribution < 1.29 is 28.7 Å². The number of unbranched alkanes of at least 4 members (excludes halogenated alkanes) is 8. The Labute approximate surface area is 259 Å². The third-order valence-corrected chi connectivity index (χ3v) is 6.76. The van der Waals surface area contributed by atoms with Gasteiger partial charge in [0.15, 0.2) is 0 Å². The molecule has 0 atom stereocenters. The number of nitrogens with one attached hydrogen (secondary N) is 2. The van der Waals surface area contributed by atoms with Crippen molar-refractivity contribution in [3.63, 3.8) is 0 Å². The van der Waals surface area contributed by atoms with E-state index in [1.165, 1.54) is 56.9 Å². The molecule has 44 heavy (non-hydrogen) atoms. The molecular formula is C35H41N3O6. The van der Waals surface area contributed by atoms with E-state index in [4.69, 9.17) is 9.47 Å². The maximum absolute atomic E-state index is 12.7. The molecule has 0 aliphatic carbocycles. The highest BCUT2D eigenvalue weighted by molar-refractivity contribution is 5.94. The summed E-state index contributed by atoms with van der Waals surface area (Å²) in [6.45, 7) is 2.00. The van der Waals surface area contributed by atoms with E-state index < -0.39 is 17.8 Å². The van der Waals surface area contributed by atoms with Crippen molar-refractivity contribution in [3.8, 4) is 11.5 Å². The van der Waals surface area contributed by atoms with Gasteiger partial charge >= 0.3 is 11.9 Å². The van der Waals surface area contributed by atoms with Crippen LogP contribution in [0, 0.1) is 0 Å². The molecule has 2 N–H and O–H groups in total. The molecule has 9 nitrogen and oxygen atoms in total. The summed E-state index contributed by atoms with van der Waals surface area (Å²) < 4.78 is 11.0. The Morgan fingerprint density at radius 2 is 1.25 bits per heavy atom. The first kappa shape index (κ1) is 33.7. The molecular weight excluding hydrogens is 558 g/mol. The zero-order valence-electron chi connectivity index (χ0n) is 25.3. The van der Waals surface area contributed by atoms with Gasteiger partial charge in [0.1, 0.15) is 11.5 Å². The van der Waals surface area contributed by atoms with Gasteiger partial charge in [-0.1, -0.05) is 94.7 Å². The average Bonchev–Trinajstić information content (AvgIpc) is 3.04. The number of rotatable bonds is 18. The topological polar surface area (TPSA) is 123 Å². The molecule has 0 unspecified atom stereocenters. The van der Waals surface area contributed by atoms with Crippen LogP contribution in [0.2, 0.25) is 0 Å². The van der Waals surface area contributed by atoms with Crippen LogP contribution in [0.5, 0.6) is 11.5 Å². The fourth-order valence-electron chi connectivity index (χ4n) is 4.32. The second-order valence-electron chi connectivity index (χ2n) is 10.4. The van der Waals surface area contributed by atoms with Crippen molar-refractivity contribution in [1.29, 1.82) is 0 Å². The number of amides is 2. The Bertz CT molecular complexity index is 1380. The lowest BCUT2D eigenvalue weighted by Crippen LogP contribution is -2.34. The predicted octanol–water partition coefficient (Wildman–Crippen LogP) is 6.61. The van der Waals surface area contributed by atoms with E-state index in [2.05, 4.69) is 22.8 Å². The van der Waals surface area contributed by atoms with Crippen LogP contribution >= 0.6 is 0 Å². The summed E-state index contributed by atoms with van der Waals surface area (Å²) in [4.78, 5) is 49.6. The molecule has 9 heteroatoms. The number of carbonyl (C=O) groups is 4. The summed E-state index contributed by atoms with van der Waals surface area (Å²) in [5.74, 6) is -1.64. The molecule has 0 aromatic heterocycles. The standard InChI is InChI=1S/C35H41N3O6/c1-2-3-4-5-6-7-8-9-16-21-32(39)36-26-33(40)38-37-25-29-22-23-30(43-34(41)27-17-12-10-13-18-27)24-31(29)44-35(42)28-19-14-11-15-20-28/h10-15,17-20,22-25H,2-9,16,21,26H2,1H3,(H,36,39)(H,38,40)/b37-25+. The highest BCUT2D eigenvalue weighted by Crippen LogP contribution is 2.26. The maximum atomic E-state index is 12.7. The van der Waals surface area contributed by atoms with Crippen LogP contribution in [0.15, 0.2) is 84.0 Å². The normalized spacial score (nSPS) is 10.8. The molecule has 0 bridgehead atoms. The molecule has 0 saturated carbocycles. The van der Waals surface area contributed by atoms with Gasteiger partial charge in [-0.15, -0.1) is 0 Å². The second-order valence-corrected chi connectivity index (χ2v) is 10.4. The molecule has 232 valence electrons. The largest absolute Gasteiger partial charge is 0.423 e. The number of hydrogen-bond donors (Lipinski definition) is 2. The van der Waals surface area contributed by atoms with Crippen molar-refractivity contribution in [1.82, 2.24) is 10.7 Å². The zero-order chi connectivity index (χ0) is 31.4. The zero-order valence-corrected chi connectivity index (χ0v) is 25.3. The lowest BCUT2D eigenvalue weighted by Gasteiger charge is -2.10. The smallest absolute Gasteiger partial charge is 0.343 e. The molecule has 0 heterocycles. The summed E-state index contributed by atoms with van der Waals surface area (Å²) in [6, 6.07) is 21.4. The minimum atomic E-state index is -0.620. The average molecular weight is 600 g/mol. The van der Waals surface area contributed by atoms with Crippen molar-refractivity contribution in [2.24, 2.45) is 5.10 Å². The van der Waals surface area contributed by atoms with Crippen LogP contribution in [-0.2, 0) is 9.59 Å². The third-order valence-electron chi connectivity index (χ3n) is 6.76. The number of carbonyl (C=O) groups excluding carboxylic acids is 4. The van der Waals surface area contributed by atoms with E-state index in [1.807, 2.05) is 0 Å². The number of hydrogen-bond acceptors (Lipinski definition) is 7. The fourth-order valence-corrected chi connectivity index (χ4v) is 4.32. The summed E-state index contributed by atoms with van der Waals surface area (Å²) >= 11 is 0. The van der Waals surface area contributed by atoms with Crippen molar-refractivity contribution in [3.05, 3.63) is 95.6 Å². The Kier molecular flexibility index (Phi) is 14.9. The van der Waals surface area contributed by atoms with E-state index in [0.29, 0.717) is 23.1 Å². The van der Waals surface area contributed by atoms with Crippen LogP contribution < -0.4 is 20.2 Å². The molecule has 3 aromatic carbocycles. The first-order valence-electron chi connectivity index (χ1n) is 15.2. The van der Waals surface area contributed by atoms with Crippen LogP contribution in [-0.4, -0.2) is 36.5 Å². The number of benzene rings is 3. The van der Waals surface area contributed by atoms with E-state index in [-0.39, 0.29) is 24.0 Å². The van der Waals surface area contributed by atoms with Crippen LogP contribution in [0.25, 0.3) is 0 Å². The van der Waals surface area contributed by atoms with Gasteiger partial charge in [0.05, 0.1) is 23.9 Å². The van der Waals surface area contributed by atoms with Gasteiger partial charge in [-0.25, -0.2) is 15.0 Å². The van der Waals surface area contributed by atoms with Gasteiger partial charge in [-0.3, -0.25) is 9.59 Å². The monoisotopic (exact) mass is 599 g/mol. The van der Waals surface area contributed by atoms with Gasteiger partial charge in [0.2, 0.25) is 5.91 Å². The quantitative estimate of drug-likeness (QED) is 0.0558. The molecule has 0 spiro atoms. The highest BCUT2D eigenvalue weighted by Gasteiger charge is 2.15. The predicted molar refractivity (Wildman–Crippen MR) is 170 cm³/mol. The lowest BCUT2D eigenvalue weighted by molar-refractivity contribution is -0.126. The Morgan fingerprint density at radius 3 is 1.86 bits per heavy atom. The number of esters is 2. The first-order valence-corrected chi connectivity index (χ1v) is 15.2. The highest BCUT2D eigenvalue weighted by atomic mass is 16.5. The summed E-state index contributed by atoms with van der Waals surface area (Å²) in [5.41, 5.74) is 3.40. The van der Waals surface area contributed by atoms with Gasteiger partial charge in [-0.2, -0.15) is 5.10 Å². The summed E-state index contributed by atoms with van der Waals surface area (Å²) in [6.07, 6.45) is 12.2. The number of ether oxygens (including phenoxy) is 2. The molecule has 2 amide bonds. The van der Waals surface area contributed by atoms with E-state index in [0.717, 1.165) is 19.3 Å². The molecule has 0 aliphatic heterocycles. The minimum absolute atomic E-state index is 0.0736. The molecule has 0 radical (unpaired) electrons. The first-order chi connectivity index (χ1) is 21.5. The molecule has 0 saturated heterocycles. The third kappa shape index (κ3) is 12.6. The van der Waals surface area contributed by atoms with E-state index >= 15 is 0 Å². The number of nitrogens with zero attached hydrogens (tertiary/aromatic N) is 1. The molecule has 3 aromatic rings. The van der Waals surface area contributed by atoms with Crippen LogP contribution in [0.3, 0.4) is 0 Å². The fraction of sp³-hybridized carbons (Fsp3) is 0.343. The van der Waals surface area contributed by atoms with Crippen LogP contribution in [0.4, 0.5) is 0 Å². The van der Waals surface area contributed by atoms with Crippen LogP contribution in [0.1, 0.15) is 97.4 Å². The maximum Gasteiger partial charge on any atom is 0.343 e. The molecule has 0 fully saturated rings. The van der Waals surface area contributed by atoms with E-state index in [1.54, 1.807) is 66.7 Å².